The molecule has 0 spiro atoms. The Morgan fingerprint density at radius 2 is 2.00 bits per heavy atom. The highest BCUT2D eigenvalue weighted by Gasteiger charge is 2.29. The van der Waals surface area contributed by atoms with Crippen LogP contribution in [0.1, 0.15) is 23.0 Å². The van der Waals surface area contributed by atoms with Crippen molar-refractivity contribution in [3.63, 3.8) is 0 Å². The summed E-state index contributed by atoms with van der Waals surface area (Å²) in [4.78, 5) is 11.9. The number of aryl methyl sites for hydroxylation is 1. The molecule has 22 heavy (non-hydrogen) atoms. The number of esters is 1. The third-order valence-electron chi connectivity index (χ3n) is 2.74. The van der Waals surface area contributed by atoms with Crippen molar-refractivity contribution in [3.8, 4) is 0 Å². The minimum absolute atomic E-state index is 0.105. The fourth-order valence-electron chi connectivity index (χ4n) is 1.77. The van der Waals surface area contributed by atoms with Gasteiger partial charge in [-0.15, -0.1) is 0 Å². The number of hydrogen-bond donors (Lipinski definition) is 2. The van der Waals surface area contributed by atoms with Crippen LogP contribution in [0.4, 0.5) is 10.1 Å². The zero-order valence-corrected chi connectivity index (χ0v) is 12.7. The first-order chi connectivity index (χ1) is 10.3. The molecule has 1 aromatic heterocycles. The molecule has 0 aliphatic rings. The molecule has 0 saturated carbocycles. The van der Waals surface area contributed by atoms with Crippen LogP contribution in [0.5, 0.6) is 0 Å². The van der Waals surface area contributed by atoms with Gasteiger partial charge in [-0.2, -0.15) is 13.5 Å². The smallest absolute Gasteiger partial charge is 0.343 e. The van der Waals surface area contributed by atoms with Crippen molar-refractivity contribution in [1.29, 1.82) is 0 Å². The van der Waals surface area contributed by atoms with E-state index in [0.717, 1.165) is 12.1 Å². The molecule has 7 nitrogen and oxygen atoms in total. The average Bonchev–Trinajstić information content (AvgIpc) is 2.84. The molecule has 0 atom stereocenters. The number of nitrogens with one attached hydrogen (secondary N) is 2. The minimum atomic E-state index is -4.11. The number of hydrogen-bond acceptors (Lipinski definition) is 5. The summed E-state index contributed by atoms with van der Waals surface area (Å²) in [5, 5.41) is 5.64. The Labute approximate surface area is 126 Å². The second-order valence-electron chi connectivity index (χ2n) is 4.36. The fourth-order valence-corrected chi connectivity index (χ4v) is 2.98. The number of aromatic nitrogens is 2. The van der Waals surface area contributed by atoms with Crippen LogP contribution in [-0.4, -0.2) is 31.2 Å². The lowest BCUT2D eigenvalue weighted by atomic mass is 10.3. The number of carbonyl (C=O) groups is 1. The van der Waals surface area contributed by atoms with Gasteiger partial charge in [0, 0.05) is 11.4 Å². The maximum atomic E-state index is 12.8. The fraction of sp³-hybridized carbons (Fsp3) is 0.231. The molecule has 1 aromatic carbocycles. The van der Waals surface area contributed by atoms with Crippen LogP contribution in [0.2, 0.25) is 0 Å². The first kappa shape index (κ1) is 16.0. The lowest BCUT2D eigenvalue weighted by molar-refractivity contribution is 0.0521. The van der Waals surface area contributed by atoms with Crippen molar-refractivity contribution in [1.82, 2.24) is 10.2 Å². The zero-order chi connectivity index (χ0) is 16.3. The molecule has 0 fully saturated rings. The van der Waals surface area contributed by atoms with Gasteiger partial charge in [0.25, 0.3) is 10.0 Å². The summed E-state index contributed by atoms with van der Waals surface area (Å²) in [6, 6.07) is 4.74. The van der Waals surface area contributed by atoms with Gasteiger partial charge >= 0.3 is 5.97 Å². The lowest BCUT2D eigenvalue weighted by Gasteiger charge is -2.07. The summed E-state index contributed by atoms with van der Waals surface area (Å²) < 4.78 is 44.6. The molecule has 0 saturated heterocycles. The SMILES string of the molecule is CCOC(=O)c1c(S(=O)(=O)Nc2ccc(F)cc2)n[nH]c1C. The third kappa shape index (κ3) is 3.25. The number of aromatic amines is 1. The van der Waals surface area contributed by atoms with Crippen molar-refractivity contribution in [2.75, 3.05) is 11.3 Å². The van der Waals surface area contributed by atoms with Crippen molar-refractivity contribution >= 4 is 21.7 Å². The maximum Gasteiger partial charge on any atom is 0.343 e. The molecule has 1 heterocycles. The number of sulfonamides is 1. The summed E-state index contributed by atoms with van der Waals surface area (Å²) >= 11 is 0. The number of rotatable bonds is 5. The summed E-state index contributed by atoms with van der Waals surface area (Å²) in [7, 11) is -4.11. The Morgan fingerprint density at radius 3 is 2.59 bits per heavy atom. The highest BCUT2D eigenvalue weighted by molar-refractivity contribution is 7.92. The Morgan fingerprint density at radius 1 is 1.36 bits per heavy atom. The van der Waals surface area contributed by atoms with E-state index in [1.165, 1.54) is 19.1 Å². The van der Waals surface area contributed by atoms with E-state index < -0.39 is 26.8 Å². The van der Waals surface area contributed by atoms with Crippen molar-refractivity contribution in [3.05, 3.63) is 41.3 Å². The number of nitrogens with zero attached hydrogens (tertiary/aromatic N) is 1. The molecule has 0 bridgehead atoms. The highest BCUT2D eigenvalue weighted by Crippen LogP contribution is 2.21. The van der Waals surface area contributed by atoms with Gasteiger partial charge in [0.2, 0.25) is 5.03 Å². The maximum absolute atomic E-state index is 12.8. The predicted molar refractivity (Wildman–Crippen MR) is 76.5 cm³/mol. The molecule has 9 heteroatoms. The van der Waals surface area contributed by atoms with Crippen LogP contribution in [0, 0.1) is 12.7 Å². The second-order valence-corrected chi connectivity index (χ2v) is 5.96. The Hall–Kier alpha value is -2.42. The standard InChI is InChI=1S/C13H14FN3O4S/c1-3-21-13(18)11-8(2)15-16-12(11)22(19,20)17-10-6-4-9(14)5-7-10/h4-7,17H,3H2,1-2H3,(H,15,16). The first-order valence-corrected chi connectivity index (χ1v) is 7.84. The van der Waals surface area contributed by atoms with E-state index in [9.17, 15) is 17.6 Å². The van der Waals surface area contributed by atoms with Gasteiger partial charge < -0.3 is 4.74 Å². The van der Waals surface area contributed by atoms with Gasteiger partial charge in [0.05, 0.1) is 6.61 Å². The normalized spacial score (nSPS) is 11.2. The van der Waals surface area contributed by atoms with E-state index in [2.05, 4.69) is 14.9 Å². The number of ether oxygens (including phenoxy) is 1. The quantitative estimate of drug-likeness (QED) is 0.816. The van der Waals surface area contributed by atoms with E-state index in [4.69, 9.17) is 4.74 Å². The average molecular weight is 327 g/mol. The number of halogens is 1. The van der Waals surface area contributed by atoms with Crippen molar-refractivity contribution in [2.45, 2.75) is 18.9 Å². The molecule has 0 radical (unpaired) electrons. The Kier molecular flexibility index (Phi) is 4.45. The molecular weight excluding hydrogens is 313 g/mol. The van der Waals surface area contributed by atoms with Crippen LogP contribution in [0.15, 0.2) is 29.3 Å². The van der Waals surface area contributed by atoms with Crippen LogP contribution in [0.25, 0.3) is 0 Å². The van der Waals surface area contributed by atoms with E-state index in [0.29, 0.717) is 0 Å². The summed E-state index contributed by atoms with van der Waals surface area (Å²) in [6.45, 7) is 3.22. The number of carbonyl (C=O) groups excluding carboxylic acids is 1. The van der Waals surface area contributed by atoms with Gasteiger partial charge in [0.15, 0.2) is 0 Å². The van der Waals surface area contributed by atoms with Gasteiger partial charge in [-0.3, -0.25) is 9.82 Å². The topological polar surface area (TPSA) is 101 Å². The summed E-state index contributed by atoms with van der Waals surface area (Å²) in [6.07, 6.45) is 0. The van der Waals surface area contributed by atoms with Crippen LogP contribution in [-0.2, 0) is 14.8 Å². The largest absolute Gasteiger partial charge is 0.462 e. The molecule has 0 aliphatic heterocycles. The third-order valence-corrected chi connectivity index (χ3v) is 4.05. The van der Waals surface area contributed by atoms with Gasteiger partial charge in [-0.25, -0.2) is 9.18 Å². The predicted octanol–water partition coefficient (Wildman–Crippen LogP) is 1.83. The highest BCUT2D eigenvalue weighted by atomic mass is 32.2. The number of benzene rings is 1. The van der Waals surface area contributed by atoms with Crippen LogP contribution < -0.4 is 4.72 Å². The van der Waals surface area contributed by atoms with E-state index >= 15 is 0 Å². The molecule has 0 unspecified atom stereocenters. The van der Waals surface area contributed by atoms with Gasteiger partial charge in [-0.05, 0) is 38.1 Å². The lowest BCUT2D eigenvalue weighted by Crippen LogP contribution is -2.18. The monoisotopic (exact) mass is 327 g/mol. The first-order valence-electron chi connectivity index (χ1n) is 6.35. The molecule has 118 valence electrons. The van der Waals surface area contributed by atoms with Crippen molar-refractivity contribution < 1.29 is 22.3 Å². The van der Waals surface area contributed by atoms with E-state index in [-0.39, 0.29) is 23.6 Å². The minimum Gasteiger partial charge on any atom is -0.462 e. The Balaban J connectivity index is 2.38. The number of anilines is 1. The molecule has 2 N–H and O–H groups in total. The summed E-state index contributed by atoms with van der Waals surface area (Å²) in [5.74, 6) is -1.28. The Bertz CT molecular complexity index is 784. The van der Waals surface area contributed by atoms with Crippen LogP contribution >= 0.6 is 0 Å². The molecule has 2 rings (SSSR count). The van der Waals surface area contributed by atoms with Crippen LogP contribution in [0.3, 0.4) is 0 Å². The van der Waals surface area contributed by atoms with E-state index in [1.807, 2.05) is 0 Å². The van der Waals surface area contributed by atoms with E-state index in [1.54, 1.807) is 6.92 Å². The molecule has 0 amide bonds. The van der Waals surface area contributed by atoms with Gasteiger partial charge in [0.1, 0.15) is 11.4 Å². The van der Waals surface area contributed by atoms with Gasteiger partial charge in [-0.1, -0.05) is 0 Å². The van der Waals surface area contributed by atoms with Crippen molar-refractivity contribution in [2.24, 2.45) is 0 Å². The number of H-pyrrole nitrogens is 1. The molecule has 2 aromatic rings. The second kappa shape index (κ2) is 6.14. The zero-order valence-electron chi connectivity index (χ0n) is 11.9. The molecule has 0 aliphatic carbocycles. The summed E-state index contributed by atoms with van der Waals surface area (Å²) in [5.41, 5.74) is 0.270. The molecular formula is C13H14FN3O4S.